The van der Waals surface area contributed by atoms with Crippen molar-refractivity contribution in [1.82, 2.24) is 14.8 Å². The van der Waals surface area contributed by atoms with Gasteiger partial charge in [0.1, 0.15) is 0 Å². The number of thioether (sulfide) groups is 1. The summed E-state index contributed by atoms with van der Waals surface area (Å²) in [7, 11) is 0. The molecular weight excluding hydrogens is 282 g/mol. The highest BCUT2D eigenvalue weighted by atomic mass is 32.2. The molecule has 2 atom stereocenters. The van der Waals surface area contributed by atoms with Gasteiger partial charge in [-0.05, 0) is 42.8 Å². The van der Waals surface area contributed by atoms with Gasteiger partial charge in [-0.3, -0.25) is 9.67 Å². The highest BCUT2D eigenvalue weighted by molar-refractivity contribution is 7.99. The Hall–Kier alpha value is -0.590. The van der Waals surface area contributed by atoms with Gasteiger partial charge in [-0.1, -0.05) is 12.5 Å². The summed E-state index contributed by atoms with van der Waals surface area (Å²) >= 11 is 9.09. The first-order chi connectivity index (χ1) is 8.81. The zero-order valence-electron chi connectivity index (χ0n) is 10.1. The molecule has 1 aliphatic rings. The topological polar surface area (TPSA) is 33.6 Å². The van der Waals surface area contributed by atoms with Crippen molar-refractivity contribution >= 4 is 35.3 Å². The van der Waals surface area contributed by atoms with Crippen LogP contribution in [0, 0.1) is 4.77 Å². The normalized spacial score (nSPS) is 23.6. The summed E-state index contributed by atoms with van der Waals surface area (Å²) in [5.41, 5.74) is 0. The van der Waals surface area contributed by atoms with Crippen LogP contribution in [0.5, 0.6) is 0 Å². The van der Waals surface area contributed by atoms with E-state index in [1.807, 2.05) is 11.8 Å². The SMILES string of the molecule is CSC1CCCC1n1c(-c2cccs2)n[nH]c1=S. The van der Waals surface area contributed by atoms with Gasteiger partial charge < -0.3 is 0 Å². The molecule has 3 nitrogen and oxygen atoms in total. The Kier molecular flexibility index (Phi) is 3.59. The lowest BCUT2D eigenvalue weighted by molar-refractivity contribution is 0.527. The lowest BCUT2D eigenvalue weighted by atomic mass is 10.2. The summed E-state index contributed by atoms with van der Waals surface area (Å²) < 4.78 is 2.99. The Morgan fingerprint density at radius 2 is 2.44 bits per heavy atom. The van der Waals surface area contributed by atoms with Crippen molar-refractivity contribution in [2.24, 2.45) is 0 Å². The second-order valence-electron chi connectivity index (χ2n) is 4.47. The quantitative estimate of drug-likeness (QED) is 0.865. The van der Waals surface area contributed by atoms with E-state index >= 15 is 0 Å². The first kappa shape index (κ1) is 12.4. The monoisotopic (exact) mass is 297 g/mol. The Morgan fingerprint density at radius 3 is 3.17 bits per heavy atom. The number of hydrogen-bond acceptors (Lipinski definition) is 4. The molecule has 1 N–H and O–H groups in total. The third-order valence-corrected chi connectivity index (χ3v) is 5.81. The molecule has 0 spiro atoms. The van der Waals surface area contributed by atoms with Crippen molar-refractivity contribution in [2.45, 2.75) is 30.6 Å². The van der Waals surface area contributed by atoms with Crippen LogP contribution in [-0.4, -0.2) is 26.3 Å². The molecule has 1 saturated carbocycles. The number of nitrogens with one attached hydrogen (secondary N) is 1. The van der Waals surface area contributed by atoms with Crippen molar-refractivity contribution in [3.8, 4) is 10.7 Å². The molecule has 0 radical (unpaired) electrons. The average Bonchev–Trinajstić information content (AvgIpc) is 3.07. The van der Waals surface area contributed by atoms with Crippen LogP contribution in [-0.2, 0) is 0 Å². The van der Waals surface area contributed by atoms with Crippen molar-refractivity contribution < 1.29 is 0 Å². The summed E-state index contributed by atoms with van der Waals surface area (Å²) in [6.45, 7) is 0. The predicted molar refractivity (Wildman–Crippen MR) is 80.9 cm³/mol. The van der Waals surface area contributed by atoms with Crippen LogP contribution in [0.3, 0.4) is 0 Å². The van der Waals surface area contributed by atoms with E-state index in [2.05, 4.69) is 38.5 Å². The van der Waals surface area contributed by atoms with Crippen LogP contribution >= 0.6 is 35.3 Å². The fourth-order valence-corrected chi connectivity index (χ4v) is 4.62. The van der Waals surface area contributed by atoms with E-state index < -0.39 is 0 Å². The van der Waals surface area contributed by atoms with Crippen molar-refractivity contribution in [3.05, 3.63) is 22.3 Å². The Morgan fingerprint density at radius 1 is 1.56 bits per heavy atom. The summed E-state index contributed by atoms with van der Waals surface area (Å²) in [6.07, 6.45) is 5.96. The minimum absolute atomic E-state index is 0.489. The maximum atomic E-state index is 5.42. The standard InChI is InChI=1S/C12H15N3S3/c1-17-9-5-2-4-8(9)15-11(13-14-12(15)16)10-6-3-7-18-10/h3,6-9H,2,4-5H2,1H3,(H,14,16). The molecule has 1 fully saturated rings. The number of aromatic nitrogens is 3. The lowest BCUT2D eigenvalue weighted by Crippen LogP contribution is -2.16. The number of thiophene rings is 1. The fourth-order valence-electron chi connectivity index (χ4n) is 2.67. The molecule has 2 aromatic heterocycles. The highest BCUT2D eigenvalue weighted by Crippen LogP contribution is 2.39. The van der Waals surface area contributed by atoms with E-state index in [1.54, 1.807) is 11.3 Å². The van der Waals surface area contributed by atoms with Crippen LogP contribution < -0.4 is 0 Å². The van der Waals surface area contributed by atoms with Gasteiger partial charge in [0.05, 0.1) is 4.88 Å². The lowest BCUT2D eigenvalue weighted by Gasteiger charge is -2.20. The second-order valence-corrected chi connectivity index (χ2v) is 6.88. The van der Waals surface area contributed by atoms with Crippen LogP contribution in [0.4, 0.5) is 0 Å². The molecule has 18 heavy (non-hydrogen) atoms. The van der Waals surface area contributed by atoms with Crippen LogP contribution in [0.1, 0.15) is 25.3 Å². The molecule has 6 heteroatoms. The van der Waals surface area contributed by atoms with Crippen molar-refractivity contribution in [2.75, 3.05) is 6.26 Å². The van der Waals surface area contributed by atoms with Gasteiger partial charge in [-0.25, -0.2) is 0 Å². The van der Waals surface area contributed by atoms with E-state index in [9.17, 15) is 0 Å². The largest absolute Gasteiger partial charge is 0.295 e. The van der Waals surface area contributed by atoms with Crippen LogP contribution in [0.25, 0.3) is 10.7 Å². The van der Waals surface area contributed by atoms with Crippen molar-refractivity contribution in [3.63, 3.8) is 0 Å². The zero-order valence-corrected chi connectivity index (χ0v) is 12.6. The van der Waals surface area contributed by atoms with E-state index in [0.29, 0.717) is 11.3 Å². The van der Waals surface area contributed by atoms with Crippen LogP contribution in [0.2, 0.25) is 0 Å². The first-order valence-electron chi connectivity index (χ1n) is 6.05. The number of rotatable bonds is 3. The van der Waals surface area contributed by atoms with Gasteiger partial charge in [0.25, 0.3) is 0 Å². The summed E-state index contributed by atoms with van der Waals surface area (Å²) in [6, 6.07) is 4.65. The summed E-state index contributed by atoms with van der Waals surface area (Å²) in [5.74, 6) is 1.00. The third-order valence-electron chi connectivity index (χ3n) is 3.50. The minimum Gasteiger partial charge on any atom is -0.295 e. The molecule has 2 unspecified atom stereocenters. The predicted octanol–water partition coefficient (Wildman–Crippen LogP) is 4.13. The number of nitrogens with zero attached hydrogens (tertiary/aromatic N) is 2. The summed E-state index contributed by atoms with van der Waals surface area (Å²) in [5, 5.41) is 10.1. The summed E-state index contributed by atoms with van der Waals surface area (Å²) in [4.78, 5) is 1.19. The number of aromatic amines is 1. The molecule has 0 aromatic carbocycles. The molecule has 2 aromatic rings. The van der Waals surface area contributed by atoms with Crippen LogP contribution in [0.15, 0.2) is 17.5 Å². The minimum atomic E-state index is 0.489. The van der Waals surface area contributed by atoms with Gasteiger partial charge in [0.2, 0.25) is 0 Å². The molecule has 1 aliphatic carbocycles. The molecule has 2 heterocycles. The number of hydrogen-bond donors (Lipinski definition) is 1. The van der Waals surface area contributed by atoms with E-state index in [4.69, 9.17) is 12.2 Å². The highest BCUT2D eigenvalue weighted by Gasteiger charge is 2.30. The Labute approximate surface area is 120 Å². The second kappa shape index (κ2) is 5.19. The molecular formula is C12H15N3S3. The molecule has 96 valence electrons. The molecule has 0 aliphatic heterocycles. The first-order valence-corrected chi connectivity index (χ1v) is 8.62. The smallest absolute Gasteiger partial charge is 0.195 e. The van der Waals surface area contributed by atoms with E-state index in [0.717, 1.165) is 10.6 Å². The van der Waals surface area contributed by atoms with Crippen molar-refractivity contribution in [1.29, 1.82) is 0 Å². The van der Waals surface area contributed by atoms with E-state index in [-0.39, 0.29) is 0 Å². The van der Waals surface area contributed by atoms with Gasteiger partial charge in [-0.2, -0.15) is 16.9 Å². The third kappa shape index (κ3) is 2.06. The van der Waals surface area contributed by atoms with Gasteiger partial charge in [-0.15, -0.1) is 11.3 Å². The molecule has 0 saturated heterocycles. The number of H-pyrrole nitrogens is 1. The molecule has 0 bridgehead atoms. The van der Waals surface area contributed by atoms with E-state index in [1.165, 1.54) is 24.1 Å². The molecule has 3 rings (SSSR count). The maximum absolute atomic E-state index is 5.42. The van der Waals surface area contributed by atoms with Gasteiger partial charge in [0.15, 0.2) is 10.6 Å². The fraction of sp³-hybridized carbons (Fsp3) is 0.500. The molecule has 0 amide bonds. The maximum Gasteiger partial charge on any atom is 0.195 e. The Bertz CT molecular complexity index is 570. The average molecular weight is 297 g/mol. The van der Waals surface area contributed by atoms with Gasteiger partial charge >= 0.3 is 0 Å². The van der Waals surface area contributed by atoms with Gasteiger partial charge in [0, 0.05) is 11.3 Å². The Balaban J connectivity index is 2.06. The zero-order chi connectivity index (χ0) is 12.5.